The van der Waals surface area contributed by atoms with Crippen molar-refractivity contribution in [1.29, 1.82) is 0 Å². The van der Waals surface area contributed by atoms with Crippen LogP contribution in [0.2, 0.25) is 0 Å². The van der Waals surface area contributed by atoms with E-state index in [-0.39, 0.29) is 0 Å². The van der Waals surface area contributed by atoms with E-state index in [1.54, 1.807) is 0 Å². The molecule has 0 atom stereocenters. The molecular formula is C8H18N4O3Si. The van der Waals surface area contributed by atoms with Crippen molar-refractivity contribution in [1.82, 2.24) is 20.2 Å². The van der Waals surface area contributed by atoms with Gasteiger partial charge in [0.15, 0.2) is 6.33 Å². The maximum absolute atomic E-state index is 5.65. The van der Waals surface area contributed by atoms with Crippen LogP contribution in [0.5, 0.6) is 0 Å². The minimum Gasteiger partial charge on any atom is -0.373 e. The highest BCUT2D eigenvalue weighted by molar-refractivity contribution is 6.59. The maximum Gasteiger partial charge on any atom is 0.525 e. The molecule has 0 aromatic carbocycles. The highest BCUT2D eigenvalue weighted by Gasteiger charge is 2.42. The SMILES string of the molecule is CCO[Si](Cn1ncnn1)(OCC)OCC. The Bertz CT molecular complexity index is 266. The van der Waals surface area contributed by atoms with Gasteiger partial charge in [0.05, 0.1) is 0 Å². The topological polar surface area (TPSA) is 71.3 Å². The highest BCUT2D eigenvalue weighted by atomic mass is 28.4. The van der Waals surface area contributed by atoms with Crippen LogP contribution in [0, 0.1) is 0 Å². The lowest BCUT2D eigenvalue weighted by Crippen LogP contribution is -2.50. The Morgan fingerprint density at radius 2 is 1.62 bits per heavy atom. The van der Waals surface area contributed by atoms with Gasteiger partial charge >= 0.3 is 8.80 Å². The smallest absolute Gasteiger partial charge is 0.373 e. The molecule has 7 nitrogen and oxygen atoms in total. The maximum atomic E-state index is 5.65. The molecule has 1 aromatic heterocycles. The first-order valence-electron chi connectivity index (χ1n) is 5.39. The summed E-state index contributed by atoms with van der Waals surface area (Å²) < 4.78 is 16.9. The molecule has 0 unspecified atom stereocenters. The molecule has 1 rings (SSSR count). The van der Waals surface area contributed by atoms with Gasteiger partial charge in [-0.05, 0) is 26.0 Å². The third-order valence-electron chi connectivity index (χ3n) is 1.82. The van der Waals surface area contributed by atoms with E-state index >= 15 is 0 Å². The summed E-state index contributed by atoms with van der Waals surface area (Å²) in [6, 6.07) is 0. The molecule has 0 saturated heterocycles. The minimum absolute atomic E-state index is 0.391. The van der Waals surface area contributed by atoms with Crippen molar-refractivity contribution in [3.05, 3.63) is 6.33 Å². The van der Waals surface area contributed by atoms with Crippen LogP contribution in [-0.4, -0.2) is 48.8 Å². The molecule has 8 heteroatoms. The molecule has 0 amide bonds. The van der Waals surface area contributed by atoms with Gasteiger partial charge in [0, 0.05) is 19.8 Å². The van der Waals surface area contributed by atoms with Crippen LogP contribution >= 0.6 is 0 Å². The summed E-state index contributed by atoms with van der Waals surface area (Å²) in [5.41, 5.74) is 0. The summed E-state index contributed by atoms with van der Waals surface area (Å²) in [5, 5.41) is 11.4. The van der Waals surface area contributed by atoms with Crippen molar-refractivity contribution in [3.8, 4) is 0 Å². The van der Waals surface area contributed by atoms with Gasteiger partial charge in [-0.3, -0.25) is 0 Å². The molecular weight excluding hydrogens is 228 g/mol. The van der Waals surface area contributed by atoms with E-state index < -0.39 is 8.80 Å². The molecule has 0 spiro atoms. The van der Waals surface area contributed by atoms with Gasteiger partial charge in [0.2, 0.25) is 0 Å². The lowest BCUT2D eigenvalue weighted by molar-refractivity contribution is 0.0624. The quantitative estimate of drug-likeness (QED) is 0.613. The zero-order valence-electron chi connectivity index (χ0n) is 9.92. The second kappa shape index (κ2) is 6.69. The first-order valence-corrected chi connectivity index (χ1v) is 7.32. The van der Waals surface area contributed by atoms with E-state index in [9.17, 15) is 0 Å². The molecule has 0 aliphatic heterocycles. The van der Waals surface area contributed by atoms with Crippen LogP contribution in [0.4, 0.5) is 0 Å². The Balaban J connectivity index is 2.73. The summed E-state index contributed by atoms with van der Waals surface area (Å²) in [5.74, 6) is 0. The van der Waals surface area contributed by atoms with Crippen molar-refractivity contribution in [2.24, 2.45) is 0 Å². The first-order chi connectivity index (χ1) is 7.76. The van der Waals surface area contributed by atoms with Crippen LogP contribution in [0.3, 0.4) is 0 Å². The van der Waals surface area contributed by atoms with Crippen molar-refractivity contribution in [2.45, 2.75) is 26.9 Å². The molecule has 0 bridgehead atoms. The Kier molecular flexibility index (Phi) is 5.53. The summed E-state index contributed by atoms with van der Waals surface area (Å²) in [4.78, 5) is 1.44. The van der Waals surface area contributed by atoms with Crippen LogP contribution in [-0.2, 0) is 19.4 Å². The Morgan fingerprint density at radius 3 is 2.00 bits per heavy atom. The van der Waals surface area contributed by atoms with Crippen molar-refractivity contribution < 1.29 is 13.3 Å². The lowest BCUT2D eigenvalue weighted by atomic mass is 10.9. The second-order valence-corrected chi connectivity index (χ2v) is 5.50. The van der Waals surface area contributed by atoms with E-state index in [1.165, 1.54) is 11.1 Å². The highest BCUT2D eigenvalue weighted by Crippen LogP contribution is 2.11. The van der Waals surface area contributed by atoms with Crippen LogP contribution in [0.1, 0.15) is 20.8 Å². The summed E-state index contributed by atoms with van der Waals surface area (Å²) in [6.45, 7) is 7.36. The van der Waals surface area contributed by atoms with Crippen LogP contribution < -0.4 is 0 Å². The fourth-order valence-electron chi connectivity index (χ4n) is 1.36. The largest absolute Gasteiger partial charge is 0.525 e. The van der Waals surface area contributed by atoms with E-state index in [0.29, 0.717) is 26.0 Å². The normalized spacial score (nSPS) is 11.9. The Morgan fingerprint density at radius 1 is 1.06 bits per heavy atom. The molecule has 0 fully saturated rings. The van der Waals surface area contributed by atoms with E-state index in [4.69, 9.17) is 13.3 Å². The predicted molar refractivity (Wildman–Crippen MR) is 58.4 cm³/mol. The molecule has 0 N–H and O–H groups in total. The molecule has 16 heavy (non-hydrogen) atoms. The van der Waals surface area contributed by atoms with Gasteiger partial charge in [0.1, 0.15) is 6.17 Å². The number of aromatic nitrogens is 4. The third-order valence-corrected chi connectivity index (χ3v) is 4.67. The molecule has 0 aliphatic rings. The van der Waals surface area contributed by atoms with E-state index in [0.717, 1.165) is 0 Å². The van der Waals surface area contributed by atoms with Gasteiger partial charge in [-0.25, -0.2) is 0 Å². The Hall–Kier alpha value is -0.833. The molecule has 0 aliphatic carbocycles. The average Bonchev–Trinajstić information content (AvgIpc) is 2.71. The number of nitrogens with zero attached hydrogens (tertiary/aromatic N) is 4. The van der Waals surface area contributed by atoms with Crippen molar-refractivity contribution in [3.63, 3.8) is 0 Å². The van der Waals surface area contributed by atoms with Gasteiger partial charge in [-0.1, -0.05) is 0 Å². The zero-order valence-corrected chi connectivity index (χ0v) is 10.9. The second-order valence-electron chi connectivity index (χ2n) is 2.95. The van der Waals surface area contributed by atoms with E-state index in [1.807, 2.05) is 20.8 Å². The van der Waals surface area contributed by atoms with Crippen molar-refractivity contribution in [2.75, 3.05) is 19.8 Å². The number of tetrazole rings is 1. The summed E-state index contributed by atoms with van der Waals surface area (Å²) >= 11 is 0. The van der Waals surface area contributed by atoms with Gasteiger partial charge in [-0.2, -0.15) is 4.80 Å². The molecule has 92 valence electrons. The molecule has 0 radical (unpaired) electrons. The van der Waals surface area contributed by atoms with E-state index in [2.05, 4.69) is 15.4 Å². The number of hydrogen-bond acceptors (Lipinski definition) is 6. The zero-order chi connectivity index (χ0) is 11.9. The number of rotatable bonds is 8. The predicted octanol–water partition coefficient (Wildman–Crippen LogP) is 0.261. The summed E-state index contributed by atoms with van der Waals surface area (Å²) in [6.07, 6.45) is 1.77. The fraction of sp³-hybridized carbons (Fsp3) is 0.875. The standard InChI is InChI=1S/C8H18N4O3Si/c1-4-13-16(14-5-2,15-6-3)8-12-10-7-9-11-12/h7H,4-6,8H2,1-3H3. The monoisotopic (exact) mass is 246 g/mol. The van der Waals surface area contributed by atoms with Crippen LogP contribution in [0.25, 0.3) is 0 Å². The number of hydrogen-bond donors (Lipinski definition) is 0. The summed E-state index contributed by atoms with van der Waals surface area (Å²) in [7, 11) is -2.70. The molecule has 0 saturated carbocycles. The lowest BCUT2D eigenvalue weighted by Gasteiger charge is -2.27. The molecule has 1 heterocycles. The van der Waals surface area contributed by atoms with Crippen LogP contribution in [0.15, 0.2) is 6.33 Å². The van der Waals surface area contributed by atoms with Gasteiger partial charge in [0.25, 0.3) is 0 Å². The fourth-order valence-corrected chi connectivity index (χ4v) is 3.69. The molecule has 1 aromatic rings. The minimum atomic E-state index is -2.70. The average molecular weight is 246 g/mol. The van der Waals surface area contributed by atoms with Crippen molar-refractivity contribution >= 4 is 8.80 Å². The Labute approximate surface area is 96.1 Å². The third kappa shape index (κ3) is 3.63. The van der Waals surface area contributed by atoms with Gasteiger partial charge < -0.3 is 13.3 Å². The van der Waals surface area contributed by atoms with Gasteiger partial charge in [-0.15, -0.1) is 10.2 Å². The first kappa shape index (κ1) is 13.2.